The number of phenolic OH excluding ortho intramolecular Hbond substituents is 1. The van der Waals surface area contributed by atoms with Crippen molar-refractivity contribution < 1.29 is 33.3 Å². The van der Waals surface area contributed by atoms with Crippen molar-refractivity contribution in [2.75, 3.05) is 0 Å². The maximum Gasteiger partial charge on any atom is 0.441 e. The molecule has 5 nitrogen and oxygen atoms in total. The van der Waals surface area contributed by atoms with Gasteiger partial charge in [0.2, 0.25) is 0 Å². The number of carbonyl (C=O) groups excluding carboxylic acids is 2. The molecule has 0 atom stereocenters. The lowest BCUT2D eigenvalue weighted by Crippen LogP contribution is -2.45. The second-order valence-corrected chi connectivity index (χ2v) is 4.28. The van der Waals surface area contributed by atoms with E-state index in [0.29, 0.717) is 5.56 Å². The van der Waals surface area contributed by atoms with Gasteiger partial charge >= 0.3 is 6.11 Å². The summed E-state index contributed by atoms with van der Waals surface area (Å²) in [7, 11) is 0. The van der Waals surface area contributed by atoms with Gasteiger partial charge in [-0.05, 0) is 12.1 Å². The van der Waals surface area contributed by atoms with E-state index in [1.54, 1.807) is 18.2 Å². The third-order valence-electron chi connectivity index (χ3n) is 2.73. The molecular weight excluding hydrogens is 298 g/mol. The molecule has 2 aromatic carbocycles. The largest absolute Gasteiger partial charge is 0.541 e. The van der Waals surface area contributed by atoms with E-state index in [-0.39, 0.29) is 5.56 Å². The molecule has 0 aliphatic carbocycles. The molecule has 0 radical (unpaired) electrons. The van der Waals surface area contributed by atoms with Crippen molar-refractivity contribution in [2.24, 2.45) is 0 Å². The fourth-order valence-corrected chi connectivity index (χ4v) is 1.70. The van der Waals surface area contributed by atoms with Crippen molar-refractivity contribution in [1.82, 2.24) is 0 Å². The van der Waals surface area contributed by atoms with Crippen molar-refractivity contribution in [3.8, 4) is 11.5 Å². The minimum Gasteiger partial charge on any atom is -0.541 e. The van der Waals surface area contributed by atoms with Crippen LogP contribution in [0.2, 0.25) is 0 Å². The van der Waals surface area contributed by atoms with Gasteiger partial charge in [-0.15, -0.1) is 0 Å². The molecule has 0 saturated heterocycles. The molecule has 0 heterocycles. The third-order valence-corrected chi connectivity index (χ3v) is 2.73. The van der Waals surface area contributed by atoms with E-state index >= 15 is 0 Å². The average Bonchev–Trinajstić information content (AvgIpc) is 2.47. The highest BCUT2D eigenvalue weighted by Crippen LogP contribution is 2.29. The van der Waals surface area contributed by atoms with Crippen LogP contribution in [0.4, 0.5) is 8.78 Å². The molecule has 2 rings (SSSR count). The Kier molecular flexibility index (Phi) is 4.07. The highest BCUT2D eigenvalue weighted by atomic mass is 19.3. The summed E-state index contributed by atoms with van der Waals surface area (Å²) in [6, 6.07) is 10.7. The number of carbonyl (C=O) groups is 2. The van der Waals surface area contributed by atoms with Crippen LogP contribution in [0.15, 0.2) is 48.5 Å². The first-order valence-electron chi connectivity index (χ1n) is 6.02. The van der Waals surface area contributed by atoms with E-state index in [4.69, 9.17) is 0 Å². The van der Waals surface area contributed by atoms with Gasteiger partial charge in [0.25, 0.3) is 0 Å². The minimum absolute atomic E-state index is 0.129. The summed E-state index contributed by atoms with van der Waals surface area (Å²) in [5.41, 5.74) is 0.168. The quantitative estimate of drug-likeness (QED) is 0.842. The van der Waals surface area contributed by atoms with E-state index in [0.717, 1.165) is 18.2 Å². The number of ether oxygens (including phenoxy) is 1. The topological polar surface area (TPSA) is 86.7 Å². The van der Waals surface area contributed by atoms with Crippen LogP contribution in [-0.4, -0.2) is 23.0 Å². The molecule has 0 amide bonds. The predicted molar refractivity (Wildman–Crippen MR) is 68.6 cm³/mol. The molecule has 0 unspecified atom stereocenters. The number of alkyl halides is 2. The van der Waals surface area contributed by atoms with Gasteiger partial charge in [-0.1, -0.05) is 30.3 Å². The standard InChI is InChI=1S/C15H10F2O5/c16-15(17,14(20)21)22-10-6-7-11(12(18)8-10)13(19)9-4-2-1-3-5-9/h1-8,18H,(H,20,21)/p-1. The van der Waals surface area contributed by atoms with Gasteiger partial charge in [-0.2, -0.15) is 8.78 Å². The van der Waals surface area contributed by atoms with Crippen LogP contribution in [0.5, 0.6) is 11.5 Å². The Morgan fingerprint density at radius 2 is 1.73 bits per heavy atom. The normalized spacial score (nSPS) is 11.0. The Bertz CT molecular complexity index is 713. The van der Waals surface area contributed by atoms with E-state index in [1.165, 1.54) is 12.1 Å². The molecule has 1 N–H and O–H groups in total. The molecule has 0 saturated carbocycles. The number of carboxylic acids is 1. The summed E-state index contributed by atoms with van der Waals surface area (Å²) < 4.78 is 29.6. The summed E-state index contributed by atoms with van der Waals surface area (Å²) in [4.78, 5) is 22.3. The van der Waals surface area contributed by atoms with Crippen LogP contribution in [0.25, 0.3) is 0 Å². The van der Waals surface area contributed by atoms with Crippen LogP contribution < -0.4 is 9.84 Å². The van der Waals surface area contributed by atoms with Crippen LogP contribution >= 0.6 is 0 Å². The number of aromatic hydroxyl groups is 1. The molecule has 22 heavy (non-hydrogen) atoms. The Labute approximate surface area is 123 Å². The number of benzene rings is 2. The van der Waals surface area contributed by atoms with Crippen LogP contribution in [-0.2, 0) is 4.79 Å². The lowest BCUT2D eigenvalue weighted by molar-refractivity contribution is -0.350. The van der Waals surface area contributed by atoms with E-state index < -0.39 is 29.4 Å². The van der Waals surface area contributed by atoms with Crippen molar-refractivity contribution >= 4 is 11.8 Å². The monoisotopic (exact) mass is 307 g/mol. The summed E-state index contributed by atoms with van der Waals surface area (Å²) in [5, 5.41) is 19.9. The summed E-state index contributed by atoms with van der Waals surface area (Å²) in [5.74, 6) is -4.45. The smallest absolute Gasteiger partial charge is 0.441 e. The number of phenols is 1. The zero-order valence-electron chi connectivity index (χ0n) is 11.0. The molecule has 0 aromatic heterocycles. The van der Waals surface area contributed by atoms with Gasteiger partial charge in [-0.3, -0.25) is 4.79 Å². The summed E-state index contributed by atoms with van der Waals surface area (Å²) in [6.45, 7) is 0. The van der Waals surface area contributed by atoms with Crippen molar-refractivity contribution in [3.05, 3.63) is 59.7 Å². The number of rotatable bonds is 5. The first kappa shape index (κ1) is 15.4. The first-order chi connectivity index (χ1) is 10.3. The van der Waals surface area contributed by atoms with E-state index in [1.807, 2.05) is 0 Å². The van der Waals surface area contributed by atoms with Gasteiger partial charge in [-0.25, -0.2) is 0 Å². The second-order valence-electron chi connectivity index (χ2n) is 4.28. The van der Waals surface area contributed by atoms with Crippen LogP contribution in [0.1, 0.15) is 15.9 Å². The van der Waals surface area contributed by atoms with Crippen molar-refractivity contribution in [3.63, 3.8) is 0 Å². The zero-order chi connectivity index (χ0) is 16.3. The molecule has 0 aliphatic rings. The summed E-state index contributed by atoms with van der Waals surface area (Å²) in [6.07, 6.45) is -4.54. The van der Waals surface area contributed by atoms with Crippen LogP contribution in [0.3, 0.4) is 0 Å². The van der Waals surface area contributed by atoms with E-state index in [2.05, 4.69) is 4.74 Å². The number of carboxylic acid groups (broad SMARTS) is 1. The second kappa shape index (κ2) is 5.80. The lowest BCUT2D eigenvalue weighted by atomic mass is 10.0. The van der Waals surface area contributed by atoms with Crippen LogP contribution in [0, 0.1) is 0 Å². The Morgan fingerprint density at radius 1 is 1.09 bits per heavy atom. The SMILES string of the molecule is O=C(c1ccccc1)c1ccc(OC(F)(F)C(=O)[O-])cc1O. The molecule has 7 heteroatoms. The van der Waals surface area contributed by atoms with Gasteiger partial charge in [0.15, 0.2) is 11.8 Å². The minimum atomic E-state index is -4.54. The number of aliphatic carboxylic acids is 1. The van der Waals surface area contributed by atoms with Crippen molar-refractivity contribution in [1.29, 1.82) is 0 Å². The predicted octanol–water partition coefficient (Wildman–Crippen LogP) is 1.34. The number of hydrogen-bond donors (Lipinski definition) is 1. The van der Waals surface area contributed by atoms with Gasteiger partial charge in [0.05, 0.1) is 5.56 Å². The van der Waals surface area contributed by atoms with Gasteiger partial charge in [0, 0.05) is 11.6 Å². The van der Waals surface area contributed by atoms with Gasteiger partial charge < -0.3 is 19.7 Å². The highest BCUT2D eigenvalue weighted by Gasteiger charge is 2.34. The molecule has 0 fully saturated rings. The fourth-order valence-electron chi connectivity index (χ4n) is 1.70. The Balaban J connectivity index is 2.27. The fraction of sp³-hybridized carbons (Fsp3) is 0.0667. The molecular formula is C15H9F2O5-. The maximum atomic E-state index is 12.9. The highest BCUT2D eigenvalue weighted by molar-refractivity contribution is 6.10. The average molecular weight is 307 g/mol. The molecule has 114 valence electrons. The van der Waals surface area contributed by atoms with Gasteiger partial charge in [0.1, 0.15) is 11.5 Å². The number of halogens is 2. The third kappa shape index (κ3) is 3.20. The number of hydrogen-bond acceptors (Lipinski definition) is 5. The molecule has 0 bridgehead atoms. The van der Waals surface area contributed by atoms with E-state index in [9.17, 15) is 28.6 Å². The lowest BCUT2D eigenvalue weighted by Gasteiger charge is -2.18. The first-order valence-corrected chi connectivity index (χ1v) is 6.02. The Hall–Kier alpha value is -2.96. The molecule has 0 aliphatic heterocycles. The summed E-state index contributed by atoms with van der Waals surface area (Å²) >= 11 is 0. The van der Waals surface area contributed by atoms with Crippen molar-refractivity contribution in [2.45, 2.75) is 6.11 Å². The molecule has 0 spiro atoms. The zero-order valence-corrected chi connectivity index (χ0v) is 11.0. The molecule has 2 aromatic rings. The maximum absolute atomic E-state index is 12.9. The number of ketones is 1. The Morgan fingerprint density at radius 3 is 2.27 bits per heavy atom.